The van der Waals surface area contributed by atoms with Crippen LogP contribution in [0.25, 0.3) is 0 Å². The number of hydrogen-bond acceptors (Lipinski definition) is 6. The van der Waals surface area contributed by atoms with Gasteiger partial charge in [0.2, 0.25) is 0 Å². The number of fused-ring (bicyclic) bond motifs is 1. The van der Waals surface area contributed by atoms with Gasteiger partial charge in [0.25, 0.3) is 11.8 Å². The topological polar surface area (TPSA) is 98.9 Å². The number of anilines is 2. The predicted molar refractivity (Wildman–Crippen MR) is 104 cm³/mol. The maximum atomic E-state index is 15.1. The second kappa shape index (κ2) is 8.10. The third-order valence-electron chi connectivity index (χ3n) is 4.56. The SMILES string of the molecule is CC(=O)OC1CC(F)(F)C(OC(C)=O)c2ccccc2N1C(=O)c1ccc(N)cc1. The quantitative estimate of drug-likeness (QED) is 0.606. The maximum Gasteiger partial charge on any atom is 0.304 e. The lowest BCUT2D eigenvalue weighted by Gasteiger charge is -2.30. The normalized spacial score (nSPS) is 19.9. The summed E-state index contributed by atoms with van der Waals surface area (Å²) in [5.41, 5.74) is 6.21. The molecule has 2 aromatic carbocycles. The summed E-state index contributed by atoms with van der Waals surface area (Å²) in [6.07, 6.45) is -4.63. The number of nitrogen functional groups attached to an aromatic ring is 1. The van der Waals surface area contributed by atoms with E-state index in [0.29, 0.717) is 5.69 Å². The number of amides is 1. The summed E-state index contributed by atoms with van der Waals surface area (Å²) in [6.45, 7) is 2.08. The van der Waals surface area contributed by atoms with E-state index in [-0.39, 0.29) is 16.8 Å². The number of carbonyl (C=O) groups excluding carboxylic acids is 3. The van der Waals surface area contributed by atoms with Gasteiger partial charge < -0.3 is 15.2 Å². The maximum absolute atomic E-state index is 15.1. The van der Waals surface area contributed by atoms with Crippen molar-refractivity contribution in [3.05, 3.63) is 59.7 Å². The van der Waals surface area contributed by atoms with Gasteiger partial charge >= 0.3 is 11.9 Å². The van der Waals surface area contributed by atoms with Crippen molar-refractivity contribution in [1.82, 2.24) is 0 Å². The number of rotatable bonds is 3. The molecule has 30 heavy (non-hydrogen) atoms. The molecule has 0 aromatic heterocycles. The second-order valence-electron chi connectivity index (χ2n) is 6.87. The molecular weight excluding hydrogens is 398 g/mol. The zero-order valence-corrected chi connectivity index (χ0v) is 16.3. The molecule has 2 aromatic rings. The molecule has 2 atom stereocenters. The molecule has 0 fully saturated rings. The first kappa shape index (κ1) is 21.2. The lowest BCUT2D eigenvalue weighted by molar-refractivity contribution is -0.181. The van der Waals surface area contributed by atoms with Crippen LogP contribution in [0.3, 0.4) is 0 Å². The van der Waals surface area contributed by atoms with Crippen LogP contribution in [-0.2, 0) is 19.1 Å². The standard InChI is InChI=1S/C21H20F2N2O5/c1-12(26)29-18-11-21(22,23)19(30-13(2)27)16-5-3-4-6-17(16)25(18)20(28)14-7-9-15(24)10-8-14/h3-10,18-19H,11,24H2,1-2H3. The summed E-state index contributed by atoms with van der Waals surface area (Å²) < 4.78 is 40.3. The fourth-order valence-corrected chi connectivity index (χ4v) is 3.35. The molecule has 1 amide bonds. The van der Waals surface area contributed by atoms with Crippen molar-refractivity contribution < 1.29 is 32.6 Å². The lowest BCUT2D eigenvalue weighted by Crippen LogP contribution is -2.45. The third-order valence-corrected chi connectivity index (χ3v) is 4.56. The number of hydrogen-bond donors (Lipinski definition) is 1. The van der Waals surface area contributed by atoms with E-state index < -0.39 is 42.5 Å². The molecular formula is C21H20F2N2O5. The Labute approximate surface area is 171 Å². The van der Waals surface area contributed by atoms with Crippen molar-refractivity contribution >= 4 is 29.2 Å². The van der Waals surface area contributed by atoms with Gasteiger partial charge in [-0.05, 0) is 30.3 Å². The van der Waals surface area contributed by atoms with E-state index in [0.717, 1.165) is 18.7 Å². The largest absolute Gasteiger partial charge is 0.451 e. The fourth-order valence-electron chi connectivity index (χ4n) is 3.35. The minimum Gasteiger partial charge on any atom is -0.451 e. The van der Waals surface area contributed by atoms with Crippen LogP contribution in [0.2, 0.25) is 0 Å². The molecule has 2 unspecified atom stereocenters. The van der Waals surface area contributed by atoms with Crippen LogP contribution in [0.5, 0.6) is 0 Å². The van der Waals surface area contributed by atoms with E-state index in [1.807, 2.05) is 0 Å². The predicted octanol–water partition coefficient (Wildman–Crippen LogP) is 3.45. The molecule has 0 bridgehead atoms. The Kier molecular flexibility index (Phi) is 5.73. The molecule has 9 heteroatoms. The van der Waals surface area contributed by atoms with Crippen molar-refractivity contribution in [3.8, 4) is 0 Å². The molecule has 158 valence electrons. The van der Waals surface area contributed by atoms with E-state index in [9.17, 15) is 14.4 Å². The highest BCUT2D eigenvalue weighted by Gasteiger charge is 2.52. The molecule has 1 aliphatic rings. The molecule has 1 aliphatic heterocycles. The average molecular weight is 418 g/mol. The molecule has 3 rings (SSSR count). The van der Waals surface area contributed by atoms with Gasteiger partial charge in [-0.2, -0.15) is 0 Å². The van der Waals surface area contributed by atoms with Crippen LogP contribution >= 0.6 is 0 Å². The van der Waals surface area contributed by atoms with Gasteiger partial charge in [-0.3, -0.25) is 19.3 Å². The number of alkyl halides is 2. The van der Waals surface area contributed by atoms with Gasteiger partial charge in [-0.1, -0.05) is 18.2 Å². The van der Waals surface area contributed by atoms with Crippen molar-refractivity contribution in [2.75, 3.05) is 10.6 Å². The Balaban J connectivity index is 2.19. The molecule has 0 spiro atoms. The average Bonchev–Trinajstić information content (AvgIpc) is 2.74. The smallest absolute Gasteiger partial charge is 0.304 e. The lowest BCUT2D eigenvalue weighted by atomic mass is 10.0. The van der Waals surface area contributed by atoms with Crippen LogP contribution in [0, 0.1) is 0 Å². The van der Waals surface area contributed by atoms with Crippen molar-refractivity contribution in [2.24, 2.45) is 0 Å². The summed E-state index contributed by atoms with van der Waals surface area (Å²) in [7, 11) is 0. The van der Waals surface area contributed by atoms with E-state index in [1.165, 1.54) is 42.5 Å². The first-order valence-corrected chi connectivity index (χ1v) is 9.10. The van der Waals surface area contributed by atoms with Gasteiger partial charge in [0, 0.05) is 30.7 Å². The summed E-state index contributed by atoms with van der Waals surface area (Å²) in [6, 6.07) is 11.7. The molecule has 7 nitrogen and oxygen atoms in total. The Morgan fingerprint density at radius 1 is 1.00 bits per heavy atom. The molecule has 2 N–H and O–H groups in total. The number of carbonyl (C=O) groups is 3. The summed E-state index contributed by atoms with van der Waals surface area (Å²) in [4.78, 5) is 37.5. The van der Waals surface area contributed by atoms with E-state index in [1.54, 1.807) is 6.07 Å². The van der Waals surface area contributed by atoms with Gasteiger partial charge in [0.15, 0.2) is 12.3 Å². The molecule has 1 heterocycles. The Bertz CT molecular complexity index is 978. The summed E-state index contributed by atoms with van der Waals surface area (Å²) in [5.74, 6) is -6.03. The van der Waals surface area contributed by atoms with E-state index in [2.05, 4.69) is 0 Å². The Morgan fingerprint density at radius 2 is 1.60 bits per heavy atom. The summed E-state index contributed by atoms with van der Waals surface area (Å²) in [5, 5.41) is 0. The molecule has 0 aliphatic carbocycles. The van der Waals surface area contributed by atoms with Crippen molar-refractivity contribution in [1.29, 1.82) is 0 Å². The number of para-hydroxylation sites is 1. The van der Waals surface area contributed by atoms with Gasteiger partial charge in [0.1, 0.15) is 0 Å². The van der Waals surface area contributed by atoms with Crippen LogP contribution in [-0.4, -0.2) is 30.0 Å². The van der Waals surface area contributed by atoms with Gasteiger partial charge in [-0.25, -0.2) is 8.78 Å². The van der Waals surface area contributed by atoms with Crippen LogP contribution in [0.1, 0.15) is 42.3 Å². The minimum absolute atomic E-state index is 0.0500. The highest BCUT2D eigenvalue weighted by molar-refractivity contribution is 6.07. The van der Waals surface area contributed by atoms with E-state index in [4.69, 9.17) is 15.2 Å². The van der Waals surface area contributed by atoms with Crippen molar-refractivity contribution in [3.63, 3.8) is 0 Å². The number of nitrogens with two attached hydrogens (primary N) is 1. The van der Waals surface area contributed by atoms with Gasteiger partial charge in [-0.15, -0.1) is 0 Å². The minimum atomic E-state index is -3.61. The number of nitrogens with zero attached hydrogens (tertiary/aromatic N) is 1. The van der Waals surface area contributed by atoms with Crippen molar-refractivity contribution in [2.45, 2.75) is 38.5 Å². The highest BCUT2D eigenvalue weighted by Crippen LogP contribution is 2.46. The number of benzene rings is 2. The Morgan fingerprint density at radius 3 is 2.20 bits per heavy atom. The third kappa shape index (κ3) is 4.24. The zero-order chi connectivity index (χ0) is 22.1. The number of esters is 2. The second-order valence-corrected chi connectivity index (χ2v) is 6.87. The zero-order valence-electron chi connectivity index (χ0n) is 16.3. The molecule has 0 saturated carbocycles. The summed E-state index contributed by atoms with van der Waals surface area (Å²) >= 11 is 0. The number of halogens is 2. The van der Waals surface area contributed by atoms with Crippen LogP contribution in [0.15, 0.2) is 48.5 Å². The van der Waals surface area contributed by atoms with Crippen LogP contribution < -0.4 is 10.6 Å². The molecule has 0 saturated heterocycles. The first-order valence-electron chi connectivity index (χ1n) is 9.10. The number of ether oxygens (including phenoxy) is 2. The first-order chi connectivity index (χ1) is 14.1. The fraction of sp³-hybridized carbons (Fsp3) is 0.286. The van der Waals surface area contributed by atoms with Gasteiger partial charge in [0.05, 0.1) is 12.1 Å². The van der Waals surface area contributed by atoms with E-state index >= 15 is 8.78 Å². The monoisotopic (exact) mass is 418 g/mol. The molecule has 0 radical (unpaired) electrons. The Hall–Kier alpha value is -3.49. The highest BCUT2D eigenvalue weighted by atomic mass is 19.3. The van der Waals surface area contributed by atoms with Crippen LogP contribution in [0.4, 0.5) is 20.2 Å².